The number of hydrogen-bond donors (Lipinski definition) is 1. The maximum Gasteiger partial charge on any atom is 0.326 e. The van der Waals surface area contributed by atoms with Crippen LogP contribution in [0.2, 0.25) is 0 Å². The summed E-state index contributed by atoms with van der Waals surface area (Å²) >= 11 is 0. The lowest BCUT2D eigenvalue weighted by atomic mass is 10.2. The van der Waals surface area contributed by atoms with E-state index in [0.29, 0.717) is 30.2 Å². The van der Waals surface area contributed by atoms with Gasteiger partial charge in [-0.25, -0.2) is 0 Å². The summed E-state index contributed by atoms with van der Waals surface area (Å²) in [5.41, 5.74) is 5.14. The Hall–Kier alpha value is -3.07. The third kappa shape index (κ3) is 10.5. The molecule has 31 heavy (non-hydrogen) atoms. The van der Waals surface area contributed by atoms with E-state index in [4.69, 9.17) is 19.9 Å². The van der Waals surface area contributed by atoms with E-state index in [1.165, 1.54) is 18.1 Å². The van der Waals surface area contributed by atoms with E-state index in [1.54, 1.807) is 45.0 Å². The Morgan fingerprint density at radius 3 is 2.32 bits per heavy atom. The SMILES string of the molecule is COc1cc(/C=C/C(=O)N(CCN(C)C)CC(=O)OC(C)(C)C)ccc1OCC(N)=O. The van der Waals surface area contributed by atoms with Gasteiger partial charge in [0.1, 0.15) is 12.1 Å². The second-order valence-electron chi connectivity index (χ2n) is 8.15. The molecule has 9 heteroatoms. The summed E-state index contributed by atoms with van der Waals surface area (Å²) in [6, 6.07) is 5.00. The molecule has 1 aromatic rings. The average molecular weight is 436 g/mol. The molecule has 0 bridgehead atoms. The van der Waals surface area contributed by atoms with Crippen molar-refractivity contribution >= 4 is 23.9 Å². The summed E-state index contributed by atoms with van der Waals surface area (Å²) in [6.07, 6.45) is 3.00. The first-order chi connectivity index (χ1) is 14.4. The molecule has 0 fully saturated rings. The number of amides is 2. The molecule has 0 heterocycles. The van der Waals surface area contributed by atoms with Gasteiger partial charge in [0.25, 0.3) is 5.91 Å². The van der Waals surface area contributed by atoms with Crippen LogP contribution in [0.25, 0.3) is 6.08 Å². The molecule has 0 saturated carbocycles. The molecule has 0 radical (unpaired) electrons. The zero-order valence-corrected chi connectivity index (χ0v) is 19.1. The number of carbonyl (C=O) groups excluding carboxylic acids is 3. The van der Waals surface area contributed by atoms with Crippen LogP contribution in [0.3, 0.4) is 0 Å². The minimum absolute atomic E-state index is 0.141. The Kier molecular flexibility index (Phi) is 10.0. The molecule has 9 nitrogen and oxygen atoms in total. The molecule has 0 aliphatic carbocycles. The van der Waals surface area contributed by atoms with Crippen molar-refractivity contribution in [1.29, 1.82) is 0 Å². The van der Waals surface area contributed by atoms with Gasteiger partial charge in [-0.3, -0.25) is 14.4 Å². The van der Waals surface area contributed by atoms with Crippen molar-refractivity contribution in [2.24, 2.45) is 5.73 Å². The second kappa shape index (κ2) is 11.9. The quantitative estimate of drug-likeness (QED) is 0.412. The minimum Gasteiger partial charge on any atom is -0.493 e. The summed E-state index contributed by atoms with van der Waals surface area (Å²) in [6.45, 7) is 5.90. The maximum atomic E-state index is 12.7. The standard InChI is InChI=1S/C22H33N3O6/c1-22(2,3)31-21(28)14-25(12-11-24(4)5)20(27)10-8-16-7-9-17(18(13-16)29-6)30-15-19(23)26/h7-10,13H,11-12,14-15H2,1-6H3,(H2,23,26)/b10-8+. The lowest BCUT2D eigenvalue weighted by Crippen LogP contribution is -2.41. The van der Waals surface area contributed by atoms with Crippen LogP contribution in [-0.4, -0.2) is 80.6 Å². The normalized spacial score (nSPS) is 11.5. The van der Waals surface area contributed by atoms with Gasteiger partial charge in [-0.15, -0.1) is 0 Å². The van der Waals surface area contributed by atoms with Gasteiger partial charge < -0.3 is 29.7 Å². The first-order valence-electron chi connectivity index (χ1n) is 9.84. The molecular formula is C22H33N3O6. The highest BCUT2D eigenvalue weighted by Gasteiger charge is 2.21. The van der Waals surface area contributed by atoms with Crippen LogP contribution in [-0.2, 0) is 19.1 Å². The first-order valence-corrected chi connectivity index (χ1v) is 9.84. The van der Waals surface area contributed by atoms with Crippen molar-refractivity contribution in [3.63, 3.8) is 0 Å². The number of ether oxygens (including phenoxy) is 3. The number of rotatable bonds is 11. The fourth-order valence-electron chi connectivity index (χ4n) is 2.45. The largest absolute Gasteiger partial charge is 0.493 e. The number of methoxy groups -OCH3 is 1. The number of primary amides is 1. The van der Waals surface area contributed by atoms with Gasteiger partial charge in [0.15, 0.2) is 18.1 Å². The van der Waals surface area contributed by atoms with E-state index in [1.807, 2.05) is 19.0 Å². The Morgan fingerprint density at radius 1 is 1.10 bits per heavy atom. The molecule has 0 spiro atoms. The Balaban J connectivity index is 2.92. The maximum absolute atomic E-state index is 12.7. The Labute approximate surface area is 183 Å². The van der Waals surface area contributed by atoms with Gasteiger partial charge in [0, 0.05) is 19.2 Å². The molecule has 0 aromatic heterocycles. The van der Waals surface area contributed by atoms with Crippen molar-refractivity contribution in [1.82, 2.24) is 9.80 Å². The number of carbonyl (C=O) groups is 3. The fourth-order valence-corrected chi connectivity index (χ4v) is 2.45. The predicted octanol–water partition coefficient (Wildman–Crippen LogP) is 1.30. The lowest BCUT2D eigenvalue weighted by Gasteiger charge is -2.25. The van der Waals surface area contributed by atoms with Gasteiger partial charge in [-0.1, -0.05) is 6.07 Å². The van der Waals surface area contributed by atoms with Crippen LogP contribution in [0.1, 0.15) is 26.3 Å². The highest BCUT2D eigenvalue weighted by molar-refractivity contribution is 5.93. The minimum atomic E-state index is -0.627. The number of hydrogen-bond acceptors (Lipinski definition) is 7. The van der Waals surface area contributed by atoms with E-state index in [0.717, 1.165) is 0 Å². The highest BCUT2D eigenvalue weighted by Crippen LogP contribution is 2.28. The molecule has 0 atom stereocenters. The van der Waals surface area contributed by atoms with Gasteiger partial charge >= 0.3 is 5.97 Å². The summed E-state index contributed by atoms with van der Waals surface area (Å²) in [5.74, 6) is -0.623. The molecule has 2 N–H and O–H groups in total. The Morgan fingerprint density at radius 2 is 1.77 bits per heavy atom. The first kappa shape index (κ1) is 26.0. The molecule has 172 valence electrons. The average Bonchev–Trinajstić information content (AvgIpc) is 2.66. The summed E-state index contributed by atoms with van der Waals surface area (Å²) in [5, 5.41) is 0. The van der Waals surface area contributed by atoms with Crippen LogP contribution in [0.4, 0.5) is 0 Å². The smallest absolute Gasteiger partial charge is 0.326 e. The van der Waals surface area contributed by atoms with E-state index < -0.39 is 17.5 Å². The molecule has 0 aliphatic heterocycles. The van der Waals surface area contributed by atoms with Crippen molar-refractivity contribution in [3.8, 4) is 11.5 Å². The van der Waals surface area contributed by atoms with Crippen LogP contribution < -0.4 is 15.2 Å². The third-order valence-electron chi connectivity index (χ3n) is 3.84. The monoisotopic (exact) mass is 435 g/mol. The summed E-state index contributed by atoms with van der Waals surface area (Å²) in [4.78, 5) is 39.2. The van der Waals surface area contributed by atoms with Crippen LogP contribution in [0, 0.1) is 0 Å². The van der Waals surface area contributed by atoms with Crippen LogP contribution in [0.15, 0.2) is 24.3 Å². The van der Waals surface area contributed by atoms with Crippen molar-refractivity contribution in [3.05, 3.63) is 29.8 Å². The van der Waals surface area contributed by atoms with E-state index in [9.17, 15) is 14.4 Å². The van der Waals surface area contributed by atoms with Gasteiger partial charge in [0.2, 0.25) is 5.91 Å². The molecule has 0 saturated heterocycles. The van der Waals surface area contributed by atoms with Gasteiger partial charge in [0.05, 0.1) is 7.11 Å². The zero-order valence-electron chi connectivity index (χ0n) is 19.1. The van der Waals surface area contributed by atoms with Crippen LogP contribution >= 0.6 is 0 Å². The van der Waals surface area contributed by atoms with E-state index in [2.05, 4.69) is 0 Å². The third-order valence-corrected chi connectivity index (χ3v) is 3.84. The lowest BCUT2D eigenvalue weighted by molar-refractivity contribution is -0.158. The van der Waals surface area contributed by atoms with Crippen molar-refractivity contribution < 1.29 is 28.6 Å². The molecule has 0 unspecified atom stereocenters. The molecule has 0 aliphatic rings. The fraction of sp³-hybridized carbons (Fsp3) is 0.500. The zero-order chi connectivity index (χ0) is 23.6. The molecule has 1 rings (SSSR count). The molecular weight excluding hydrogens is 402 g/mol. The van der Waals surface area contributed by atoms with E-state index in [-0.39, 0.29) is 19.1 Å². The summed E-state index contributed by atoms with van der Waals surface area (Å²) in [7, 11) is 5.25. The molecule has 2 amide bonds. The number of benzene rings is 1. The van der Waals surface area contributed by atoms with Crippen molar-refractivity contribution in [2.45, 2.75) is 26.4 Å². The summed E-state index contributed by atoms with van der Waals surface area (Å²) < 4.78 is 15.9. The topological polar surface area (TPSA) is 111 Å². The number of nitrogens with two attached hydrogens (primary N) is 1. The predicted molar refractivity (Wildman–Crippen MR) is 118 cm³/mol. The number of esters is 1. The number of nitrogens with zero attached hydrogens (tertiary/aromatic N) is 2. The Bertz CT molecular complexity index is 799. The van der Waals surface area contributed by atoms with Gasteiger partial charge in [-0.2, -0.15) is 0 Å². The second-order valence-corrected chi connectivity index (χ2v) is 8.15. The molecule has 1 aromatic carbocycles. The van der Waals surface area contributed by atoms with Crippen molar-refractivity contribution in [2.75, 3.05) is 47.4 Å². The van der Waals surface area contributed by atoms with Crippen LogP contribution in [0.5, 0.6) is 11.5 Å². The van der Waals surface area contributed by atoms with E-state index >= 15 is 0 Å². The van der Waals surface area contributed by atoms with Gasteiger partial charge in [-0.05, 0) is 58.6 Å². The number of likely N-dealkylation sites (N-methyl/N-ethyl adjacent to an activating group) is 1. The highest BCUT2D eigenvalue weighted by atomic mass is 16.6.